The summed E-state index contributed by atoms with van der Waals surface area (Å²) in [7, 11) is 0. The molecule has 0 amide bonds. The van der Waals surface area contributed by atoms with Gasteiger partial charge in [-0.1, -0.05) is 55.0 Å². The highest BCUT2D eigenvalue weighted by atomic mass is 16.3. The molecule has 0 saturated carbocycles. The first kappa shape index (κ1) is 13.7. The van der Waals surface area contributed by atoms with Crippen molar-refractivity contribution in [2.75, 3.05) is 6.54 Å². The first-order chi connectivity index (χ1) is 10.8. The zero-order chi connectivity index (χ0) is 14.9. The van der Waals surface area contributed by atoms with Crippen LogP contribution in [0.5, 0.6) is 0 Å². The summed E-state index contributed by atoms with van der Waals surface area (Å²) in [5.74, 6) is 0. The molecule has 4 rings (SSSR count). The SMILES string of the molecule is O[C@H](c1cc2ccccc2c2ccccc12)[C@H]1CCCCN1. The number of benzene rings is 3. The number of nitrogens with one attached hydrogen (secondary N) is 1. The lowest BCUT2D eigenvalue weighted by Crippen LogP contribution is -2.38. The zero-order valence-electron chi connectivity index (χ0n) is 12.6. The monoisotopic (exact) mass is 291 g/mol. The number of aliphatic hydroxyl groups excluding tert-OH is 1. The van der Waals surface area contributed by atoms with E-state index in [-0.39, 0.29) is 6.04 Å². The summed E-state index contributed by atoms with van der Waals surface area (Å²) >= 11 is 0. The maximum Gasteiger partial charge on any atom is 0.0949 e. The van der Waals surface area contributed by atoms with Crippen LogP contribution in [0.25, 0.3) is 21.5 Å². The Balaban J connectivity index is 1.91. The fraction of sp³-hybridized carbons (Fsp3) is 0.300. The Morgan fingerprint density at radius 2 is 1.64 bits per heavy atom. The van der Waals surface area contributed by atoms with Gasteiger partial charge in [0.05, 0.1) is 6.10 Å². The molecular weight excluding hydrogens is 270 g/mol. The third-order valence-corrected chi connectivity index (χ3v) is 4.85. The second kappa shape index (κ2) is 5.71. The Morgan fingerprint density at radius 1 is 0.909 bits per heavy atom. The Kier molecular flexibility index (Phi) is 3.57. The molecule has 22 heavy (non-hydrogen) atoms. The second-order valence-electron chi connectivity index (χ2n) is 6.23. The molecule has 112 valence electrons. The van der Waals surface area contributed by atoms with Crippen molar-refractivity contribution in [2.45, 2.75) is 31.4 Å². The summed E-state index contributed by atoms with van der Waals surface area (Å²) in [6.45, 7) is 1.01. The van der Waals surface area contributed by atoms with Crippen molar-refractivity contribution in [3.05, 3.63) is 60.2 Å². The molecule has 0 aromatic heterocycles. The Labute approximate surface area is 130 Å². The van der Waals surface area contributed by atoms with E-state index in [1.807, 2.05) is 0 Å². The Bertz CT molecular complexity index is 805. The zero-order valence-corrected chi connectivity index (χ0v) is 12.6. The van der Waals surface area contributed by atoms with E-state index in [0.717, 1.165) is 18.5 Å². The summed E-state index contributed by atoms with van der Waals surface area (Å²) in [5.41, 5.74) is 1.05. The molecule has 2 heteroatoms. The highest BCUT2D eigenvalue weighted by molar-refractivity contribution is 6.09. The van der Waals surface area contributed by atoms with E-state index in [1.54, 1.807) is 0 Å². The van der Waals surface area contributed by atoms with Crippen LogP contribution < -0.4 is 5.32 Å². The minimum Gasteiger partial charge on any atom is -0.387 e. The average Bonchev–Trinajstić information content (AvgIpc) is 2.61. The molecule has 0 spiro atoms. The number of rotatable bonds is 2. The van der Waals surface area contributed by atoms with Gasteiger partial charge in [0.15, 0.2) is 0 Å². The van der Waals surface area contributed by atoms with Crippen LogP contribution in [0, 0.1) is 0 Å². The highest BCUT2D eigenvalue weighted by Gasteiger charge is 2.24. The van der Waals surface area contributed by atoms with Gasteiger partial charge in [-0.15, -0.1) is 0 Å². The van der Waals surface area contributed by atoms with Crippen molar-refractivity contribution >= 4 is 21.5 Å². The molecule has 3 aromatic carbocycles. The molecule has 2 nitrogen and oxygen atoms in total. The van der Waals surface area contributed by atoms with Crippen molar-refractivity contribution in [3.63, 3.8) is 0 Å². The fourth-order valence-electron chi connectivity index (χ4n) is 3.69. The molecule has 2 N–H and O–H groups in total. The van der Waals surface area contributed by atoms with Crippen LogP contribution in [0.15, 0.2) is 54.6 Å². The molecule has 0 bridgehead atoms. The number of hydrogen-bond acceptors (Lipinski definition) is 2. The van der Waals surface area contributed by atoms with Crippen molar-refractivity contribution in [1.82, 2.24) is 5.32 Å². The van der Waals surface area contributed by atoms with Gasteiger partial charge >= 0.3 is 0 Å². The van der Waals surface area contributed by atoms with Crippen LogP contribution in [0.3, 0.4) is 0 Å². The molecule has 1 aliphatic rings. The molecule has 1 fully saturated rings. The molecule has 3 aromatic rings. The maximum absolute atomic E-state index is 10.9. The number of fused-ring (bicyclic) bond motifs is 3. The Morgan fingerprint density at radius 3 is 2.41 bits per heavy atom. The molecule has 1 saturated heterocycles. The summed E-state index contributed by atoms with van der Waals surface area (Å²) in [6.07, 6.45) is 3.00. The first-order valence-electron chi connectivity index (χ1n) is 8.16. The minimum absolute atomic E-state index is 0.165. The smallest absolute Gasteiger partial charge is 0.0949 e. The molecule has 0 radical (unpaired) electrons. The minimum atomic E-state index is -0.449. The summed E-state index contributed by atoms with van der Waals surface area (Å²) in [6, 6.07) is 19.2. The van der Waals surface area contributed by atoms with Gasteiger partial charge in [-0.05, 0) is 52.6 Å². The molecule has 0 unspecified atom stereocenters. The third kappa shape index (κ3) is 2.29. The van der Waals surface area contributed by atoms with E-state index in [4.69, 9.17) is 0 Å². The van der Waals surface area contributed by atoms with Gasteiger partial charge in [0.25, 0.3) is 0 Å². The predicted octanol–water partition coefficient (Wildman–Crippen LogP) is 4.17. The molecule has 2 atom stereocenters. The van der Waals surface area contributed by atoms with Crippen LogP contribution in [-0.4, -0.2) is 17.7 Å². The van der Waals surface area contributed by atoms with Crippen LogP contribution in [0.1, 0.15) is 30.9 Å². The van der Waals surface area contributed by atoms with E-state index in [9.17, 15) is 5.11 Å². The van der Waals surface area contributed by atoms with Gasteiger partial charge in [0, 0.05) is 6.04 Å². The van der Waals surface area contributed by atoms with Crippen molar-refractivity contribution in [2.24, 2.45) is 0 Å². The fourth-order valence-corrected chi connectivity index (χ4v) is 3.69. The van der Waals surface area contributed by atoms with Gasteiger partial charge in [-0.2, -0.15) is 0 Å². The lowest BCUT2D eigenvalue weighted by Gasteiger charge is -2.29. The molecule has 0 aliphatic carbocycles. The second-order valence-corrected chi connectivity index (χ2v) is 6.23. The first-order valence-corrected chi connectivity index (χ1v) is 8.16. The van der Waals surface area contributed by atoms with E-state index in [0.29, 0.717) is 0 Å². The summed E-state index contributed by atoms with van der Waals surface area (Å²) in [5, 5.41) is 19.3. The van der Waals surface area contributed by atoms with E-state index < -0.39 is 6.10 Å². The van der Waals surface area contributed by atoms with Crippen molar-refractivity contribution < 1.29 is 5.11 Å². The third-order valence-electron chi connectivity index (χ3n) is 4.85. The Hall–Kier alpha value is -1.90. The molecular formula is C20H21NO. The average molecular weight is 291 g/mol. The number of aliphatic hydroxyl groups is 1. The van der Waals surface area contributed by atoms with Crippen LogP contribution in [0.4, 0.5) is 0 Å². The van der Waals surface area contributed by atoms with Gasteiger partial charge < -0.3 is 10.4 Å². The van der Waals surface area contributed by atoms with Crippen LogP contribution >= 0.6 is 0 Å². The number of hydrogen-bond donors (Lipinski definition) is 2. The predicted molar refractivity (Wildman–Crippen MR) is 92.1 cm³/mol. The van der Waals surface area contributed by atoms with Crippen molar-refractivity contribution in [1.29, 1.82) is 0 Å². The summed E-state index contributed by atoms with van der Waals surface area (Å²) in [4.78, 5) is 0. The standard InChI is InChI=1S/C20H21NO/c22-20(19-11-5-6-12-21-19)18-13-14-7-1-2-8-15(14)16-9-3-4-10-17(16)18/h1-4,7-10,13,19-22H,5-6,11-12H2/t19-,20-/m1/s1. The molecule has 1 aliphatic heterocycles. The lowest BCUT2D eigenvalue weighted by molar-refractivity contribution is 0.115. The topological polar surface area (TPSA) is 32.3 Å². The van der Waals surface area contributed by atoms with Gasteiger partial charge in [-0.25, -0.2) is 0 Å². The van der Waals surface area contributed by atoms with Gasteiger partial charge in [0.1, 0.15) is 0 Å². The largest absolute Gasteiger partial charge is 0.387 e. The summed E-state index contributed by atoms with van der Waals surface area (Å²) < 4.78 is 0. The highest BCUT2D eigenvalue weighted by Crippen LogP contribution is 2.34. The van der Waals surface area contributed by atoms with Gasteiger partial charge in [0.2, 0.25) is 0 Å². The van der Waals surface area contributed by atoms with Crippen LogP contribution in [0.2, 0.25) is 0 Å². The lowest BCUT2D eigenvalue weighted by atomic mass is 9.89. The normalized spacial score (nSPS) is 20.3. The quantitative estimate of drug-likeness (QED) is 0.695. The van der Waals surface area contributed by atoms with E-state index in [2.05, 4.69) is 59.9 Å². The van der Waals surface area contributed by atoms with Gasteiger partial charge in [-0.3, -0.25) is 0 Å². The van der Waals surface area contributed by atoms with E-state index >= 15 is 0 Å². The van der Waals surface area contributed by atoms with E-state index in [1.165, 1.54) is 34.4 Å². The number of piperidine rings is 1. The van der Waals surface area contributed by atoms with Crippen molar-refractivity contribution in [3.8, 4) is 0 Å². The molecule has 1 heterocycles. The maximum atomic E-state index is 10.9. The van der Waals surface area contributed by atoms with Crippen LogP contribution in [-0.2, 0) is 0 Å².